The summed E-state index contributed by atoms with van der Waals surface area (Å²) in [6.07, 6.45) is 0. The normalized spacial score (nSPS) is 10.1. The molecule has 0 bridgehead atoms. The van der Waals surface area contributed by atoms with Crippen LogP contribution in [0.2, 0.25) is 0 Å². The zero-order valence-electron chi connectivity index (χ0n) is 8.20. The SMILES string of the molecule is CNc1nc2ccccc2nc1NC. The Kier molecular flexibility index (Phi) is 2.18. The van der Waals surface area contributed by atoms with Crippen LogP contribution in [0.15, 0.2) is 24.3 Å². The van der Waals surface area contributed by atoms with E-state index in [1.807, 2.05) is 38.4 Å². The molecular formula is C10H12N4. The first-order valence-electron chi connectivity index (χ1n) is 4.47. The van der Waals surface area contributed by atoms with Crippen molar-refractivity contribution in [1.82, 2.24) is 9.97 Å². The van der Waals surface area contributed by atoms with Gasteiger partial charge in [0.15, 0.2) is 11.6 Å². The van der Waals surface area contributed by atoms with Gasteiger partial charge in [0, 0.05) is 14.1 Å². The fourth-order valence-corrected chi connectivity index (χ4v) is 1.35. The third-order valence-electron chi connectivity index (χ3n) is 2.04. The summed E-state index contributed by atoms with van der Waals surface area (Å²) in [5, 5.41) is 6.01. The molecule has 0 saturated carbocycles. The number of aromatic nitrogens is 2. The minimum atomic E-state index is 0.770. The average Bonchev–Trinajstić information content (AvgIpc) is 2.27. The van der Waals surface area contributed by atoms with Gasteiger partial charge in [-0.25, -0.2) is 9.97 Å². The molecule has 1 aromatic carbocycles. The molecular weight excluding hydrogens is 176 g/mol. The number of nitrogens with one attached hydrogen (secondary N) is 2. The van der Waals surface area contributed by atoms with Crippen LogP contribution in [0.25, 0.3) is 11.0 Å². The summed E-state index contributed by atoms with van der Waals surface area (Å²) in [4.78, 5) is 8.86. The minimum absolute atomic E-state index is 0.770. The van der Waals surface area contributed by atoms with Gasteiger partial charge in [-0.15, -0.1) is 0 Å². The molecule has 4 nitrogen and oxygen atoms in total. The third kappa shape index (κ3) is 1.35. The molecule has 2 rings (SSSR count). The van der Waals surface area contributed by atoms with Crippen LogP contribution in [0.3, 0.4) is 0 Å². The molecule has 0 aliphatic carbocycles. The second-order valence-electron chi connectivity index (χ2n) is 2.91. The Balaban J connectivity index is 2.69. The highest BCUT2D eigenvalue weighted by atomic mass is 15.1. The molecule has 14 heavy (non-hydrogen) atoms. The van der Waals surface area contributed by atoms with Gasteiger partial charge in [0.05, 0.1) is 11.0 Å². The monoisotopic (exact) mass is 188 g/mol. The predicted octanol–water partition coefficient (Wildman–Crippen LogP) is 1.71. The molecule has 4 heteroatoms. The van der Waals surface area contributed by atoms with Gasteiger partial charge in [0.25, 0.3) is 0 Å². The first kappa shape index (κ1) is 8.74. The van der Waals surface area contributed by atoms with Crippen LogP contribution in [0.5, 0.6) is 0 Å². The molecule has 0 unspecified atom stereocenters. The van der Waals surface area contributed by atoms with Crippen LogP contribution < -0.4 is 10.6 Å². The Labute approximate surface area is 82.4 Å². The minimum Gasteiger partial charge on any atom is -0.370 e. The molecule has 72 valence electrons. The van der Waals surface area contributed by atoms with E-state index in [-0.39, 0.29) is 0 Å². The highest BCUT2D eigenvalue weighted by Gasteiger charge is 2.04. The largest absolute Gasteiger partial charge is 0.370 e. The summed E-state index contributed by atoms with van der Waals surface area (Å²) in [7, 11) is 3.67. The van der Waals surface area contributed by atoms with Crippen molar-refractivity contribution in [3.05, 3.63) is 24.3 Å². The molecule has 0 aliphatic heterocycles. The maximum atomic E-state index is 4.43. The summed E-state index contributed by atoms with van der Waals surface area (Å²) in [6.45, 7) is 0. The van der Waals surface area contributed by atoms with Crippen LogP contribution in [-0.2, 0) is 0 Å². The van der Waals surface area contributed by atoms with E-state index < -0.39 is 0 Å². The van der Waals surface area contributed by atoms with E-state index >= 15 is 0 Å². The molecule has 0 aliphatic rings. The van der Waals surface area contributed by atoms with Crippen molar-refractivity contribution in [2.75, 3.05) is 24.7 Å². The Morgan fingerprint density at radius 3 is 1.64 bits per heavy atom. The van der Waals surface area contributed by atoms with Crippen molar-refractivity contribution in [2.45, 2.75) is 0 Å². The van der Waals surface area contributed by atoms with E-state index in [0.29, 0.717) is 0 Å². The Morgan fingerprint density at radius 1 is 0.857 bits per heavy atom. The Hall–Kier alpha value is -1.84. The van der Waals surface area contributed by atoms with Crippen molar-refractivity contribution in [1.29, 1.82) is 0 Å². The van der Waals surface area contributed by atoms with Crippen LogP contribution in [0.4, 0.5) is 11.6 Å². The maximum Gasteiger partial charge on any atom is 0.169 e. The van der Waals surface area contributed by atoms with Crippen LogP contribution in [0.1, 0.15) is 0 Å². The fourth-order valence-electron chi connectivity index (χ4n) is 1.35. The van der Waals surface area contributed by atoms with E-state index in [1.165, 1.54) is 0 Å². The molecule has 0 atom stereocenters. The quantitative estimate of drug-likeness (QED) is 0.753. The van der Waals surface area contributed by atoms with E-state index in [2.05, 4.69) is 20.6 Å². The second-order valence-corrected chi connectivity index (χ2v) is 2.91. The zero-order chi connectivity index (χ0) is 9.97. The molecule has 0 radical (unpaired) electrons. The topological polar surface area (TPSA) is 49.8 Å². The van der Waals surface area contributed by atoms with Crippen LogP contribution in [-0.4, -0.2) is 24.1 Å². The van der Waals surface area contributed by atoms with Crippen LogP contribution in [0, 0.1) is 0 Å². The highest BCUT2D eigenvalue weighted by molar-refractivity contribution is 5.79. The standard InChI is InChI=1S/C10H12N4/c1-11-9-10(12-2)14-8-6-4-3-5-7(8)13-9/h3-6H,1-2H3,(H,11,13)(H,12,14). The van der Waals surface area contributed by atoms with Crippen LogP contribution >= 0.6 is 0 Å². The lowest BCUT2D eigenvalue weighted by Crippen LogP contribution is -2.02. The van der Waals surface area contributed by atoms with Gasteiger partial charge in [0.1, 0.15) is 0 Å². The number of benzene rings is 1. The lowest BCUT2D eigenvalue weighted by atomic mass is 10.3. The van der Waals surface area contributed by atoms with Crippen molar-refractivity contribution in [2.24, 2.45) is 0 Å². The highest BCUT2D eigenvalue weighted by Crippen LogP contribution is 2.19. The molecule has 2 N–H and O–H groups in total. The van der Waals surface area contributed by atoms with Gasteiger partial charge in [-0.3, -0.25) is 0 Å². The van der Waals surface area contributed by atoms with Gasteiger partial charge >= 0.3 is 0 Å². The zero-order valence-corrected chi connectivity index (χ0v) is 8.20. The molecule has 0 saturated heterocycles. The molecule has 1 heterocycles. The third-order valence-corrected chi connectivity index (χ3v) is 2.04. The Bertz CT molecular complexity index is 410. The van der Waals surface area contributed by atoms with Crippen molar-refractivity contribution >= 4 is 22.7 Å². The average molecular weight is 188 g/mol. The molecule has 1 aromatic heterocycles. The van der Waals surface area contributed by atoms with Gasteiger partial charge in [-0.1, -0.05) is 12.1 Å². The molecule has 0 spiro atoms. The number of anilines is 2. The number of hydrogen-bond donors (Lipinski definition) is 2. The van der Waals surface area contributed by atoms with Gasteiger partial charge in [-0.2, -0.15) is 0 Å². The van der Waals surface area contributed by atoms with Gasteiger partial charge in [-0.05, 0) is 12.1 Å². The lowest BCUT2D eigenvalue weighted by Gasteiger charge is -2.07. The number of fused-ring (bicyclic) bond motifs is 1. The van der Waals surface area contributed by atoms with Crippen molar-refractivity contribution < 1.29 is 0 Å². The van der Waals surface area contributed by atoms with Crippen molar-refractivity contribution in [3.63, 3.8) is 0 Å². The summed E-state index contributed by atoms with van der Waals surface area (Å²) in [5.41, 5.74) is 1.80. The summed E-state index contributed by atoms with van der Waals surface area (Å²) in [6, 6.07) is 7.80. The summed E-state index contributed by atoms with van der Waals surface area (Å²) >= 11 is 0. The molecule has 0 amide bonds. The second kappa shape index (κ2) is 3.49. The number of hydrogen-bond acceptors (Lipinski definition) is 4. The Morgan fingerprint density at radius 2 is 1.29 bits per heavy atom. The fraction of sp³-hybridized carbons (Fsp3) is 0.200. The van der Waals surface area contributed by atoms with Crippen molar-refractivity contribution in [3.8, 4) is 0 Å². The van der Waals surface area contributed by atoms with E-state index in [4.69, 9.17) is 0 Å². The first-order valence-corrected chi connectivity index (χ1v) is 4.47. The van der Waals surface area contributed by atoms with Gasteiger partial charge < -0.3 is 10.6 Å². The van der Waals surface area contributed by atoms with Gasteiger partial charge in [0.2, 0.25) is 0 Å². The van der Waals surface area contributed by atoms with E-state index in [0.717, 1.165) is 22.7 Å². The molecule has 2 aromatic rings. The predicted molar refractivity (Wildman–Crippen MR) is 58.6 cm³/mol. The number of para-hydroxylation sites is 2. The van der Waals surface area contributed by atoms with E-state index in [1.54, 1.807) is 0 Å². The first-order chi connectivity index (χ1) is 6.85. The summed E-state index contributed by atoms with van der Waals surface area (Å²) in [5.74, 6) is 1.54. The number of rotatable bonds is 2. The summed E-state index contributed by atoms with van der Waals surface area (Å²) < 4.78 is 0. The maximum absolute atomic E-state index is 4.43. The molecule has 0 fully saturated rings. The van der Waals surface area contributed by atoms with E-state index in [9.17, 15) is 0 Å². The smallest absolute Gasteiger partial charge is 0.169 e. The number of nitrogens with zero attached hydrogens (tertiary/aromatic N) is 2. The lowest BCUT2D eigenvalue weighted by molar-refractivity contribution is 1.24.